The second kappa shape index (κ2) is 7.23. The number of hydrogen-bond donors (Lipinski definition) is 1. The van der Waals surface area contributed by atoms with Gasteiger partial charge in [0.05, 0.1) is 5.41 Å². The van der Waals surface area contributed by atoms with Crippen molar-refractivity contribution in [2.45, 2.75) is 44.9 Å². The van der Waals surface area contributed by atoms with Gasteiger partial charge in [0.1, 0.15) is 0 Å². The van der Waals surface area contributed by atoms with Crippen molar-refractivity contribution < 1.29 is 9.90 Å². The van der Waals surface area contributed by atoms with E-state index >= 15 is 0 Å². The third kappa shape index (κ3) is 4.07. The van der Waals surface area contributed by atoms with Crippen LogP contribution in [0.3, 0.4) is 0 Å². The number of hydrogen-bond acceptors (Lipinski definition) is 2. The molecule has 1 aromatic carbocycles. The summed E-state index contributed by atoms with van der Waals surface area (Å²) in [7, 11) is 0. The van der Waals surface area contributed by atoms with Crippen molar-refractivity contribution in [1.82, 2.24) is 4.90 Å². The van der Waals surface area contributed by atoms with Crippen LogP contribution in [-0.4, -0.2) is 35.6 Å². The van der Waals surface area contributed by atoms with Gasteiger partial charge >= 0.3 is 0 Å². The smallest absolute Gasteiger partial charge is 0.229 e. The van der Waals surface area contributed by atoms with E-state index in [-0.39, 0.29) is 12.0 Å². The molecule has 1 aromatic rings. The number of piperidine rings is 1. The molecule has 0 unspecified atom stereocenters. The SMILES string of the molecule is O=C(N1CCC(CCCO)CC1)C1(Cc2cccc(Cl)c2)CC1. The first-order valence-corrected chi connectivity index (χ1v) is 9.15. The fourth-order valence-electron chi connectivity index (χ4n) is 3.79. The Labute approximate surface area is 143 Å². The second-order valence-corrected chi connectivity index (χ2v) is 7.62. The van der Waals surface area contributed by atoms with Crippen LogP contribution in [-0.2, 0) is 11.2 Å². The zero-order valence-electron chi connectivity index (χ0n) is 13.6. The van der Waals surface area contributed by atoms with Crippen LogP contribution in [0.5, 0.6) is 0 Å². The number of carbonyl (C=O) groups is 1. The Balaban J connectivity index is 1.56. The molecule has 1 N–H and O–H groups in total. The predicted octanol–water partition coefficient (Wildman–Crippen LogP) is 3.67. The van der Waals surface area contributed by atoms with Crippen LogP contribution in [0.25, 0.3) is 0 Å². The van der Waals surface area contributed by atoms with Crippen LogP contribution in [0.1, 0.15) is 44.1 Å². The lowest BCUT2D eigenvalue weighted by molar-refractivity contribution is -0.138. The number of likely N-dealkylation sites (tertiary alicyclic amines) is 1. The van der Waals surface area contributed by atoms with E-state index in [0.29, 0.717) is 11.8 Å². The Kier molecular flexibility index (Phi) is 5.27. The fraction of sp³-hybridized carbons (Fsp3) is 0.632. The van der Waals surface area contributed by atoms with Crippen LogP contribution in [0.2, 0.25) is 5.02 Å². The zero-order chi connectivity index (χ0) is 16.3. The van der Waals surface area contributed by atoms with Gasteiger partial charge in [-0.3, -0.25) is 4.79 Å². The van der Waals surface area contributed by atoms with E-state index in [1.807, 2.05) is 18.2 Å². The summed E-state index contributed by atoms with van der Waals surface area (Å²) in [6.07, 6.45) is 6.96. The molecule has 3 rings (SSSR count). The summed E-state index contributed by atoms with van der Waals surface area (Å²) in [6.45, 7) is 2.04. The van der Waals surface area contributed by atoms with Crippen molar-refractivity contribution in [2.75, 3.05) is 19.7 Å². The molecule has 2 fully saturated rings. The molecule has 3 nitrogen and oxygen atoms in total. The number of aliphatic hydroxyl groups is 1. The molecule has 1 amide bonds. The lowest BCUT2D eigenvalue weighted by atomic mass is 9.90. The molecule has 1 saturated heterocycles. The van der Waals surface area contributed by atoms with Gasteiger partial charge in [-0.2, -0.15) is 0 Å². The molecule has 0 bridgehead atoms. The number of aliphatic hydroxyl groups excluding tert-OH is 1. The number of amides is 1. The first-order chi connectivity index (χ1) is 11.1. The number of halogens is 1. The van der Waals surface area contributed by atoms with Crippen LogP contribution in [0, 0.1) is 11.3 Å². The molecule has 0 atom stereocenters. The van der Waals surface area contributed by atoms with Crippen molar-refractivity contribution >= 4 is 17.5 Å². The van der Waals surface area contributed by atoms with E-state index in [2.05, 4.69) is 11.0 Å². The standard InChI is InChI=1S/C19H26ClNO2/c20-17-5-1-3-16(13-17)14-19(8-9-19)18(23)21-10-6-15(7-11-21)4-2-12-22/h1,3,5,13,15,22H,2,4,6-12,14H2. The molecule has 1 aliphatic heterocycles. The molecule has 1 saturated carbocycles. The minimum Gasteiger partial charge on any atom is -0.396 e. The third-order valence-corrected chi connectivity index (χ3v) is 5.65. The largest absolute Gasteiger partial charge is 0.396 e. The summed E-state index contributed by atoms with van der Waals surface area (Å²) in [4.78, 5) is 15.0. The minimum atomic E-state index is -0.164. The molecule has 0 radical (unpaired) electrons. The Morgan fingerprint density at radius 2 is 2.04 bits per heavy atom. The van der Waals surface area contributed by atoms with E-state index < -0.39 is 0 Å². The molecule has 0 aromatic heterocycles. The first-order valence-electron chi connectivity index (χ1n) is 8.78. The number of rotatable bonds is 6. The minimum absolute atomic E-state index is 0.164. The van der Waals surface area contributed by atoms with Crippen molar-refractivity contribution in [3.63, 3.8) is 0 Å². The molecule has 1 aliphatic carbocycles. The highest BCUT2D eigenvalue weighted by atomic mass is 35.5. The molecule has 126 valence electrons. The van der Waals surface area contributed by atoms with E-state index in [1.165, 1.54) is 5.56 Å². The first kappa shape index (κ1) is 16.8. The molecule has 1 heterocycles. The summed E-state index contributed by atoms with van der Waals surface area (Å²) >= 11 is 6.07. The summed E-state index contributed by atoms with van der Waals surface area (Å²) in [5, 5.41) is 9.68. The van der Waals surface area contributed by atoms with Crippen molar-refractivity contribution in [1.29, 1.82) is 0 Å². The van der Waals surface area contributed by atoms with E-state index in [0.717, 1.165) is 63.1 Å². The summed E-state index contributed by atoms with van der Waals surface area (Å²) in [6, 6.07) is 7.89. The third-order valence-electron chi connectivity index (χ3n) is 5.41. The molecule has 2 aliphatic rings. The lowest BCUT2D eigenvalue weighted by Crippen LogP contribution is -2.43. The Morgan fingerprint density at radius 1 is 1.30 bits per heavy atom. The van der Waals surface area contributed by atoms with Crippen LogP contribution < -0.4 is 0 Å². The van der Waals surface area contributed by atoms with E-state index in [4.69, 9.17) is 16.7 Å². The molecular formula is C19H26ClNO2. The van der Waals surface area contributed by atoms with Crippen molar-refractivity contribution in [3.05, 3.63) is 34.9 Å². The average Bonchev–Trinajstić information content (AvgIpc) is 3.33. The molecule has 23 heavy (non-hydrogen) atoms. The van der Waals surface area contributed by atoms with E-state index in [1.54, 1.807) is 0 Å². The average molecular weight is 336 g/mol. The highest BCUT2D eigenvalue weighted by molar-refractivity contribution is 6.30. The van der Waals surface area contributed by atoms with Gasteiger partial charge in [0, 0.05) is 24.7 Å². The normalized spacial score (nSPS) is 20.5. The van der Waals surface area contributed by atoms with Crippen LogP contribution in [0.4, 0.5) is 0 Å². The van der Waals surface area contributed by atoms with Gasteiger partial charge in [0.25, 0.3) is 0 Å². The summed E-state index contributed by atoms with van der Waals surface area (Å²) in [5.74, 6) is 1.02. The van der Waals surface area contributed by atoms with Gasteiger partial charge < -0.3 is 10.0 Å². The number of benzene rings is 1. The maximum atomic E-state index is 12.9. The summed E-state index contributed by atoms with van der Waals surface area (Å²) < 4.78 is 0. The summed E-state index contributed by atoms with van der Waals surface area (Å²) in [5.41, 5.74) is 1.00. The highest BCUT2D eigenvalue weighted by Gasteiger charge is 2.51. The monoisotopic (exact) mass is 335 g/mol. The van der Waals surface area contributed by atoms with Crippen LogP contribution in [0.15, 0.2) is 24.3 Å². The maximum Gasteiger partial charge on any atom is 0.229 e. The quantitative estimate of drug-likeness (QED) is 0.861. The van der Waals surface area contributed by atoms with Gasteiger partial charge in [-0.1, -0.05) is 23.7 Å². The Hall–Kier alpha value is -1.06. The molecule has 4 heteroatoms. The van der Waals surface area contributed by atoms with E-state index in [9.17, 15) is 4.79 Å². The lowest BCUT2D eigenvalue weighted by Gasteiger charge is -2.34. The van der Waals surface area contributed by atoms with Crippen LogP contribution >= 0.6 is 11.6 Å². The van der Waals surface area contributed by atoms with Gasteiger partial charge in [-0.15, -0.1) is 0 Å². The van der Waals surface area contributed by atoms with Gasteiger partial charge in [-0.25, -0.2) is 0 Å². The zero-order valence-corrected chi connectivity index (χ0v) is 14.4. The van der Waals surface area contributed by atoms with Gasteiger partial charge in [0.15, 0.2) is 0 Å². The highest BCUT2D eigenvalue weighted by Crippen LogP contribution is 2.50. The van der Waals surface area contributed by atoms with Crippen molar-refractivity contribution in [2.24, 2.45) is 11.3 Å². The predicted molar refractivity (Wildman–Crippen MR) is 92.4 cm³/mol. The maximum absolute atomic E-state index is 12.9. The number of nitrogens with zero attached hydrogens (tertiary/aromatic N) is 1. The fourth-order valence-corrected chi connectivity index (χ4v) is 4.01. The second-order valence-electron chi connectivity index (χ2n) is 7.19. The van der Waals surface area contributed by atoms with Crippen molar-refractivity contribution in [3.8, 4) is 0 Å². The topological polar surface area (TPSA) is 40.5 Å². The molecule has 0 spiro atoms. The Morgan fingerprint density at radius 3 is 2.65 bits per heavy atom. The van der Waals surface area contributed by atoms with Gasteiger partial charge in [-0.05, 0) is 68.6 Å². The number of carbonyl (C=O) groups excluding carboxylic acids is 1. The molecular weight excluding hydrogens is 310 g/mol. The Bertz CT molecular complexity index is 548. The van der Waals surface area contributed by atoms with Gasteiger partial charge in [0.2, 0.25) is 5.91 Å².